The number of anilines is 2. The van der Waals surface area contributed by atoms with Crippen molar-refractivity contribution in [2.45, 2.75) is 58.8 Å². The normalized spacial score (nSPS) is 31.9. The van der Waals surface area contributed by atoms with Crippen molar-refractivity contribution in [3.8, 4) is 0 Å². The van der Waals surface area contributed by atoms with Crippen molar-refractivity contribution >= 4 is 23.2 Å². The molecule has 2 amide bonds. The first-order valence-electron chi connectivity index (χ1n) is 10.1. The summed E-state index contributed by atoms with van der Waals surface area (Å²) in [6.45, 7) is 4.06. The van der Waals surface area contributed by atoms with Crippen LogP contribution >= 0.6 is 0 Å². The van der Waals surface area contributed by atoms with Crippen LogP contribution in [-0.4, -0.2) is 11.8 Å². The highest BCUT2D eigenvalue weighted by molar-refractivity contribution is 5.96. The molecule has 5 rings (SSSR count). The lowest BCUT2D eigenvalue weighted by Gasteiger charge is -2.55. The summed E-state index contributed by atoms with van der Waals surface area (Å²) < 4.78 is 0. The molecule has 4 nitrogen and oxygen atoms in total. The summed E-state index contributed by atoms with van der Waals surface area (Å²) in [4.78, 5) is 24.9. The van der Waals surface area contributed by atoms with Crippen LogP contribution in [0, 0.1) is 29.1 Å². The second-order valence-electron chi connectivity index (χ2n) is 9.38. The molecule has 0 atom stereocenters. The first kappa shape index (κ1) is 17.6. The Bertz CT molecular complexity index is 657. The van der Waals surface area contributed by atoms with E-state index in [2.05, 4.69) is 10.6 Å². The molecule has 0 heterocycles. The molecule has 4 heteroatoms. The van der Waals surface area contributed by atoms with Crippen molar-refractivity contribution in [2.75, 3.05) is 10.6 Å². The molecule has 2 N–H and O–H groups in total. The molecule has 0 aromatic heterocycles. The molecule has 0 aliphatic heterocycles. The van der Waals surface area contributed by atoms with E-state index in [-0.39, 0.29) is 17.2 Å². The molecule has 4 bridgehead atoms. The van der Waals surface area contributed by atoms with Crippen molar-refractivity contribution in [2.24, 2.45) is 29.1 Å². The molecule has 140 valence electrons. The van der Waals surface area contributed by atoms with Gasteiger partial charge in [-0.25, -0.2) is 0 Å². The van der Waals surface area contributed by atoms with E-state index in [4.69, 9.17) is 0 Å². The van der Waals surface area contributed by atoms with Crippen LogP contribution in [0.1, 0.15) is 58.8 Å². The van der Waals surface area contributed by atoms with Gasteiger partial charge in [0.1, 0.15) is 0 Å². The summed E-state index contributed by atoms with van der Waals surface area (Å²) in [6.07, 6.45) is 7.78. The van der Waals surface area contributed by atoms with Gasteiger partial charge in [0.25, 0.3) is 0 Å². The molecule has 1 aromatic carbocycles. The molecule has 4 saturated carbocycles. The number of benzene rings is 1. The Morgan fingerprint density at radius 1 is 0.923 bits per heavy atom. The first-order valence-corrected chi connectivity index (χ1v) is 10.1. The van der Waals surface area contributed by atoms with Crippen molar-refractivity contribution < 1.29 is 9.59 Å². The van der Waals surface area contributed by atoms with E-state index in [1.807, 2.05) is 38.1 Å². The molecule has 0 radical (unpaired) electrons. The predicted molar refractivity (Wildman–Crippen MR) is 104 cm³/mol. The van der Waals surface area contributed by atoms with Crippen LogP contribution < -0.4 is 10.6 Å². The molecule has 26 heavy (non-hydrogen) atoms. The molecule has 0 spiro atoms. The van der Waals surface area contributed by atoms with Crippen LogP contribution in [0.25, 0.3) is 0 Å². The maximum atomic E-state index is 13.1. The number of hydrogen-bond donors (Lipinski definition) is 2. The van der Waals surface area contributed by atoms with Gasteiger partial charge in [0.15, 0.2) is 0 Å². The maximum Gasteiger partial charge on any atom is 0.230 e. The number of amides is 2. The average Bonchev–Trinajstić information content (AvgIpc) is 2.54. The lowest BCUT2D eigenvalue weighted by Crippen LogP contribution is -2.51. The molecule has 0 saturated heterocycles. The Morgan fingerprint density at radius 3 is 1.85 bits per heavy atom. The van der Waals surface area contributed by atoms with Gasteiger partial charge >= 0.3 is 0 Å². The Morgan fingerprint density at radius 2 is 1.38 bits per heavy atom. The fraction of sp³-hybridized carbons (Fsp3) is 0.636. The number of carbonyl (C=O) groups is 2. The molecule has 4 aliphatic carbocycles. The maximum absolute atomic E-state index is 13.1. The molecular weight excluding hydrogens is 324 g/mol. The van der Waals surface area contributed by atoms with Gasteiger partial charge in [-0.15, -0.1) is 0 Å². The fourth-order valence-corrected chi connectivity index (χ4v) is 5.87. The molecule has 0 unspecified atom stereocenters. The molecule has 4 fully saturated rings. The summed E-state index contributed by atoms with van der Waals surface area (Å²) >= 11 is 0. The third-order valence-electron chi connectivity index (χ3n) is 6.54. The van der Waals surface area contributed by atoms with Gasteiger partial charge in [0.05, 0.1) is 5.41 Å². The third-order valence-corrected chi connectivity index (χ3v) is 6.54. The SMILES string of the molecule is CC(C)CC(=O)Nc1ccc(NC(=O)C23CC4CC(CC(C4)C2)C3)cc1. The van der Waals surface area contributed by atoms with Crippen molar-refractivity contribution in [3.05, 3.63) is 24.3 Å². The summed E-state index contributed by atoms with van der Waals surface area (Å²) in [5.41, 5.74) is 1.48. The van der Waals surface area contributed by atoms with Gasteiger partial charge in [-0.05, 0) is 86.5 Å². The first-order chi connectivity index (χ1) is 12.4. The molecule has 4 aliphatic rings. The lowest BCUT2D eigenvalue weighted by molar-refractivity contribution is -0.140. The van der Waals surface area contributed by atoms with E-state index in [1.165, 1.54) is 19.3 Å². The van der Waals surface area contributed by atoms with E-state index in [0.29, 0.717) is 12.3 Å². The van der Waals surface area contributed by atoms with Gasteiger partial charge in [-0.1, -0.05) is 13.8 Å². The van der Waals surface area contributed by atoms with Crippen LogP contribution in [0.5, 0.6) is 0 Å². The predicted octanol–water partition coefficient (Wildman–Crippen LogP) is 4.83. The minimum Gasteiger partial charge on any atom is -0.326 e. The number of hydrogen-bond acceptors (Lipinski definition) is 2. The average molecular weight is 354 g/mol. The summed E-state index contributed by atoms with van der Waals surface area (Å²) in [5.74, 6) is 2.90. The largest absolute Gasteiger partial charge is 0.326 e. The van der Waals surface area contributed by atoms with Crippen LogP contribution in [0.2, 0.25) is 0 Å². The van der Waals surface area contributed by atoms with Gasteiger partial charge in [-0.3, -0.25) is 9.59 Å². The Balaban J connectivity index is 1.38. The zero-order valence-electron chi connectivity index (χ0n) is 15.9. The zero-order chi connectivity index (χ0) is 18.3. The minimum absolute atomic E-state index is 0.0327. The van der Waals surface area contributed by atoms with E-state index >= 15 is 0 Å². The number of rotatable bonds is 5. The van der Waals surface area contributed by atoms with E-state index in [1.54, 1.807) is 0 Å². The van der Waals surface area contributed by atoms with Gasteiger partial charge in [0.2, 0.25) is 11.8 Å². The van der Waals surface area contributed by atoms with E-state index in [0.717, 1.165) is 48.4 Å². The fourth-order valence-electron chi connectivity index (χ4n) is 5.87. The second kappa shape index (κ2) is 6.71. The van der Waals surface area contributed by atoms with Crippen LogP contribution in [0.15, 0.2) is 24.3 Å². The summed E-state index contributed by atoms with van der Waals surface area (Å²) in [6, 6.07) is 7.52. The van der Waals surface area contributed by atoms with Gasteiger partial charge in [-0.2, -0.15) is 0 Å². The van der Waals surface area contributed by atoms with Crippen molar-refractivity contribution in [3.63, 3.8) is 0 Å². The zero-order valence-corrected chi connectivity index (χ0v) is 15.9. The van der Waals surface area contributed by atoms with Crippen molar-refractivity contribution in [1.82, 2.24) is 0 Å². The number of carbonyl (C=O) groups excluding carboxylic acids is 2. The standard InChI is InChI=1S/C22H30N2O2/c1-14(2)7-20(25)23-18-3-5-19(6-4-18)24-21(26)22-11-15-8-16(12-22)10-17(9-15)13-22/h3-6,14-17H,7-13H2,1-2H3,(H,23,25)(H,24,26). The molecular formula is C22H30N2O2. The van der Waals surface area contributed by atoms with Crippen LogP contribution in [-0.2, 0) is 9.59 Å². The Kier molecular flexibility index (Phi) is 4.54. The second-order valence-corrected chi connectivity index (χ2v) is 9.38. The highest BCUT2D eigenvalue weighted by Gasteiger charge is 2.54. The summed E-state index contributed by atoms with van der Waals surface area (Å²) in [5, 5.41) is 6.07. The quantitative estimate of drug-likeness (QED) is 0.796. The Labute approximate surface area is 156 Å². The minimum atomic E-state index is -0.126. The smallest absolute Gasteiger partial charge is 0.230 e. The number of nitrogens with one attached hydrogen (secondary N) is 2. The molecule has 1 aromatic rings. The van der Waals surface area contributed by atoms with E-state index in [9.17, 15) is 9.59 Å². The highest BCUT2D eigenvalue weighted by atomic mass is 16.2. The van der Waals surface area contributed by atoms with Crippen LogP contribution in [0.4, 0.5) is 11.4 Å². The lowest BCUT2D eigenvalue weighted by atomic mass is 9.49. The van der Waals surface area contributed by atoms with Crippen molar-refractivity contribution in [1.29, 1.82) is 0 Å². The van der Waals surface area contributed by atoms with Gasteiger partial charge in [0, 0.05) is 17.8 Å². The Hall–Kier alpha value is -1.84. The summed E-state index contributed by atoms with van der Waals surface area (Å²) in [7, 11) is 0. The third kappa shape index (κ3) is 3.51. The topological polar surface area (TPSA) is 58.2 Å². The van der Waals surface area contributed by atoms with Crippen LogP contribution in [0.3, 0.4) is 0 Å². The van der Waals surface area contributed by atoms with E-state index < -0.39 is 0 Å². The van der Waals surface area contributed by atoms with Gasteiger partial charge < -0.3 is 10.6 Å². The highest BCUT2D eigenvalue weighted by Crippen LogP contribution is 2.60. The monoisotopic (exact) mass is 354 g/mol.